The van der Waals surface area contributed by atoms with Gasteiger partial charge in [-0.05, 0) is 24.1 Å². The molecule has 1 fully saturated rings. The molecular weight excluding hydrogens is 342 g/mol. The van der Waals surface area contributed by atoms with E-state index < -0.39 is 10.0 Å². The summed E-state index contributed by atoms with van der Waals surface area (Å²) in [4.78, 5) is 14.4. The first kappa shape index (κ1) is 19.8. The van der Waals surface area contributed by atoms with Crippen molar-refractivity contribution in [2.75, 3.05) is 45.9 Å². The van der Waals surface area contributed by atoms with Crippen molar-refractivity contribution < 1.29 is 17.9 Å². The predicted octanol–water partition coefficient (Wildman–Crippen LogP) is 0.366. The fourth-order valence-corrected chi connectivity index (χ4v) is 3.67. The van der Waals surface area contributed by atoms with Crippen LogP contribution in [0.3, 0.4) is 0 Å². The summed E-state index contributed by atoms with van der Waals surface area (Å²) in [5, 5.41) is 2.93. The first-order chi connectivity index (χ1) is 12.0. The molecule has 140 valence electrons. The van der Waals surface area contributed by atoms with Crippen LogP contribution in [0.1, 0.15) is 18.9 Å². The Labute approximate surface area is 149 Å². The van der Waals surface area contributed by atoms with Gasteiger partial charge in [0.15, 0.2) is 0 Å². The van der Waals surface area contributed by atoms with Gasteiger partial charge in [0.2, 0.25) is 15.9 Å². The molecule has 0 spiro atoms. The minimum absolute atomic E-state index is 0.0117. The van der Waals surface area contributed by atoms with Crippen molar-refractivity contribution in [3.63, 3.8) is 0 Å². The van der Waals surface area contributed by atoms with Crippen molar-refractivity contribution >= 4 is 15.9 Å². The maximum absolute atomic E-state index is 11.9. The van der Waals surface area contributed by atoms with E-state index in [2.05, 4.69) is 14.9 Å². The second-order valence-corrected chi connectivity index (χ2v) is 7.72. The number of ether oxygens (including phenoxy) is 1. The predicted molar refractivity (Wildman–Crippen MR) is 95.9 cm³/mol. The number of nitrogens with zero attached hydrogens (tertiary/aromatic N) is 1. The minimum Gasteiger partial charge on any atom is -0.379 e. The van der Waals surface area contributed by atoms with Crippen LogP contribution in [0.4, 0.5) is 0 Å². The first-order valence-corrected chi connectivity index (χ1v) is 10.1. The quantitative estimate of drug-likeness (QED) is 0.656. The Morgan fingerprint density at radius 1 is 1.20 bits per heavy atom. The molecule has 0 bridgehead atoms. The smallest absolute Gasteiger partial charge is 0.240 e. The van der Waals surface area contributed by atoms with Crippen LogP contribution in [0, 0.1) is 0 Å². The number of hydrogen-bond donors (Lipinski definition) is 2. The number of rotatable bonds is 9. The third kappa shape index (κ3) is 6.74. The maximum Gasteiger partial charge on any atom is 0.240 e. The number of amides is 1. The van der Waals surface area contributed by atoms with Crippen molar-refractivity contribution in [3.8, 4) is 0 Å². The lowest BCUT2D eigenvalue weighted by Gasteiger charge is -2.26. The molecule has 1 aromatic rings. The Balaban J connectivity index is 1.70. The number of benzene rings is 1. The van der Waals surface area contributed by atoms with Gasteiger partial charge in [-0.3, -0.25) is 9.69 Å². The summed E-state index contributed by atoms with van der Waals surface area (Å²) in [7, 11) is -3.42. The first-order valence-electron chi connectivity index (χ1n) is 8.66. The van der Waals surface area contributed by atoms with Crippen LogP contribution in [0.25, 0.3) is 0 Å². The molecule has 1 aromatic carbocycles. The zero-order valence-corrected chi connectivity index (χ0v) is 15.5. The third-order valence-corrected chi connectivity index (χ3v) is 5.62. The van der Waals surface area contributed by atoms with Gasteiger partial charge in [0.1, 0.15) is 0 Å². The van der Waals surface area contributed by atoms with Crippen molar-refractivity contribution in [1.29, 1.82) is 0 Å². The SMILES string of the molecule is CCNS(=O)(=O)c1ccc(CCC(=O)NCCN2CCOCC2)cc1. The number of carbonyl (C=O) groups excluding carboxylic acids is 1. The average Bonchev–Trinajstić information content (AvgIpc) is 2.61. The van der Waals surface area contributed by atoms with E-state index in [1.807, 2.05) is 0 Å². The van der Waals surface area contributed by atoms with Crippen molar-refractivity contribution in [2.24, 2.45) is 0 Å². The number of hydrogen-bond acceptors (Lipinski definition) is 5. The van der Waals surface area contributed by atoms with Crippen LogP contribution in [0.2, 0.25) is 0 Å². The lowest BCUT2D eigenvalue weighted by Crippen LogP contribution is -2.41. The van der Waals surface area contributed by atoms with Gasteiger partial charge in [-0.15, -0.1) is 0 Å². The molecule has 1 aliphatic rings. The molecule has 25 heavy (non-hydrogen) atoms. The largest absolute Gasteiger partial charge is 0.379 e. The Hall–Kier alpha value is -1.48. The molecular formula is C17H27N3O4S. The zero-order chi connectivity index (χ0) is 18.1. The lowest BCUT2D eigenvalue weighted by molar-refractivity contribution is -0.121. The summed E-state index contributed by atoms with van der Waals surface area (Å²) in [6.45, 7) is 6.92. The minimum atomic E-state index is -3.42. The van der Waals surface area contributed by atoms with Gasteiger partial charge in [-0.2, -0.15) is 0 Å². The van der Waals surface area contributed by atoms with Crippen LogP contribution >= 0.6 is 0 Å². The van der Waals surface area contributed by atoms with Gasteiger partial charge >= 0.3 is 0 Å². The number of carbonyl (C=O) groups is 1. The van der Waals surface area contributed by atoms with E-state index in [1.165, 1.54) is 0 Å². The van der Waals surface area contributed by atoms with Gasteiger partial charge in [-0.1, -0.05) is 19.1 Å². The molecule has 8 heteroatoms. The molecule has 0 saturated carbocycles. The number of morpholine rings is 1. The fourth-order valence-electron chi connectivity index (χ4n) is 2.63. The van der Waals surface area contributed by atoms with Crippen molar-refractivity contribution in [2.45, 2.75) is 24.7 Å². The number of nitrogens with one attached hydrogen (secondary N) is 2. The van der Waals surface area contributed by atoms with Crippen LogP contribution in [-0.2, 0) is 26.0 Å². The maximum atomic E-state index is 11.9. The molecule has 0 unspecified atom stereocenters. The van der Waals surface area contributed by atoms with Gasteiger partial charge in [0.25, 0.3) is 0 Å². The second kappa shape index (κ2) is 9.86. The highest BCUT2D eigenvalue weighted by Gasteiger charge is 2.12. The summed E-state index contributed by atoms with van der Waals surface area (Å²) >= 11 is 0. The van der Waals surface area contributed by atoms with E-state index >= 15 is 0 Å². The number of sulfonamides is 1. The molecule has 0 aliphatic carbocycles. The third-order valence-electron chi connectivity index (χ3n) is 4.06. The summed E-state index contributed by atoms with van der Waals surface area (Å²) in [5.74, 6) is 0.0117. The summed E-state index contributed by atoms with van der Waals surface area (Å²) in [6, 6.07) is 6.66. The van der Waals surface area contributed by atoms with E-state index in [9.17, 15) is 13.2 Å². The highest BCUT2D eigenvalue weighted by Crippen LogP contribution is 2.11. The fraction of sp³-hybridized carbons (Fsp3) is 0.588. The van der Waals surface area contributed by atoms with Crippen molar-refractivity contribution in [3.05, 3.63) is 29.8 Å². The van der Waals surface area contributed by atoms with Crippen LogP contribution in [0.15, 0.2) is 29.2 Å². The van der Waals surface area contributed by atoms with E-state index in [4.69, 9.17) is 4.74 Å². The molecule has 1 aliphatic heterocycles. The molecule has 0 atom stereocenters. The standard InChI is InChI=1S/C17H27N3O4S/c1-2-19-25(22,23)16-6-3-15(4-7-16)5-8-17(21)18-9-10-20-11-13-24-14-12-20/h3-4,6-7,19H,2,5,8-14H2,1H3,(H,18,21). The molecule has 2 N–H and O–H groups in total. The molecule has 1 saturated heterocycles. The summed E-state index contributed by atoms with van der Waals surface area (Å²) < 4.78 is 31.5. The molecule has 0 aromatic heterocycles. The van der Waals surface area contributed by atoms with Gasteiger partial charge < -0.3 is 10.1 Å². The van der Waals surface area contributed by atoms with E-state index in [0.29, 0.717) is 25.9 Å². The number of aryl methyl sites for hydroxylation is 1. The van der Waals surface area contributed by atoms with Crippen LogP contribution in [0.5, 0.6) is 0 Å². The van der Waals surface area contributed by atoms with Crippen molar-refractivity contribution in [1.82, 2.24) is 14.9 Å². The lowest BCUT2D eigenvalue weighted by atomic mass is 10.1. The second-order valence-electron chi connectivity index (χ2n) is 5.95. The van der Waals surface area contributed by atoms with E-state index in [1.54, 1.807) is 31.2 Å². The molecule has 1 heterocycles. The summed E-state index contributed by atoms with van der Waals surface area (Å²) in [5.41, 5.74) is 0.943. The topological polar surface area (TPSA) is 87.7 Å². The van der Waals surface area contributed by atoms with Crippen LogP contribution in [-0.4, -0.2) is 65.2 Å². The molecule has 1 amide bonds. The highest BCUT2D eigenvalue weighted by molar-refractivity contribution is 7.89. The molecule has 2 rings (SSSR count). The van der Waals surface area contributed by atoms with Gasteiger partial charge in [-0.25, -0.2) is 13.1 Å². The van der Waals surface area contributed by atoms with Gasteiger partial charge in [0.05, 0.1) is 18.1 Å². The normalized spacial score (nSPS) is 15.9. The highest BCUT2D eigenvalue weighted by atomic mass is 32.2. The Bertz CT molecular complexity index is 640. The van der Waals surface area contributed by atoms with Crippen LogP contribution < -0.4 is 10.0 Å². The Morgan fingerprint density at radius 3 is 2.52 bits per heavy atom. The zero-order valence-electron chi connectivity index (χ0n) is 14.7. The Kier molecular flexibility index (Phi) is 7.83. The average molecular weight is 369 g/mol. The van der Waals surface area contributed by atoms with E-state index in [0.717, 1.165) is 38.4 Å². The Morgan fingerprint density at radius 2 is 1.88 bits per heavy atom. The monoisotopic (exact) mass is 369 g/mol. The molecule has 7 nitrogen and oxygen atoms in total. The molecule has 0 radical (unpaired) electrons. The summed E-state index contributed by atoms with van der Waals surface area (Å²) in [6.07, 6.45) is 0.980. The van der Waals surface area contributed by atoms with E-state index in [-0.39, 0.29) is 10.8 Å². The van der Waals surface area contributed by atoms with Gasteiger partial charge in [0, 0.05) is 39.1 Å².